The van der Waals surface area contributed by atoms with E-state index in [1.807, 2.05) is 114 Å². The Bertz CT molecular complexity index is 2560. The average molecular weight is 1450 g/mol. The van der Waals surface area contributed by atoms with Crippen LogP contribution in [0.5, 0.6) is 0 Å². The van der Waals surface area contributed by atoms with Crippen molar-refractivity contribution >= 4 is 88.7 Å². The molecule has 0 atom stereocenters. The monoisotopic (exact) mass is 1450 g/mol. The van der Waals surface area contributed by atoms with Crippen molar-refractivity contribution in [3.8, 4) is 0 Å². The second-order valence-corrected chi connectivity index (χ2v) is 26.0. The molecule has 0 spiro atoms. The predicted molar refractivity (Wildman–Crippen MR) is 307 cm³/mol. The van der Waals surface area contributed by atoms with Crippen molar-refractivity contribution in [3.05, 3.63) is 311 Å². The van der Waals surface area contributed by atoms with E-state index in [1.54, 1.807) is 0 Å². The quantitative estimate of drug-likeness (QED) is 0.0421. The molecule has 0 unspecified atom stereocenters. The first-order valence-electron chi connectivity index (χ1n) is 22.6. The van der Waals surface area contributed by atoms with Gasteiger partial charge in [0.25, 0.3) is 0 Å². The molecule has 9 aromatic rings. The number of rotatable bonds is 11. The van der Waals surface area contributed by atoms with Crippen molar-refractivity contribution < 1.29 is 73.6 Å². The Labute approximate surface area is 486 Å². The first-order valence-corrected chi connectivity index (χ1v) is 30.3. The van der Waals surface area contributed by atoms with Crippen LogP contribution in [0, 0.1) is 36.9 Å². The van der Waals surface area contributed by atoms with Crippen LogP contribution in [0.1, 0.15) is 11.1 Å². The zero-order valence-corrected chi connectivity index (χ0v) is 49.8. The molecule has 0 saturated heterocycles. The van der Waals surface area contributed by atoms with E-state index < -0.39 is 32.7 Å². The van der Waals surface area contributed by atoms with Crippen molar-refractivity contribution in [1.29, 1.82) is 0 Å². The Morgan fingerprint density at radius 1 is 0.378 bits per heavy atom. The van der Waals surface area contributed by atoms with Crippen molar-refractivity contribution in [3.63, 3.8) is 0 Å². The molecule has 2 radical (unpaired) electrons. The number of halogens is 1. The number of benzene rings is 9. The van der Waals surface area contributed by atoms with Crippen LogP contribution in [0.25, 0.3) is 0 Å². The molecule has 0 heterocycles. The predicted octanol–water partition coefficient (Wildman–Crippen LogP) is 8.68. The van der Waals surface area contributed by atoms with Crippen molar-refractivity contribution in [1.82, 2.24) is 4.90 Å². The molecule has 5 nitrogen and oxygen atoms in total. The van der Waals surface area contributed by atoms with Crippen LogP contribution in [0.4, 0.5) is 0 Å². The first-order chi connectivity index (χ1) is 34.6. The van der Waals surface area contributed by atoms with Crippen LogP contribution in [0.15, 0.2) is 273 Å². The smallest absolute Gasteiger partial charge is 0.0417 e. The maximum Gasteiger partial charge on any atom is 0.0417 e. The summed E-state index contributed by atoms with van der Waals surface area (Å²) in [5, 5.41) is 9.18. The van der Waals surface area contributed by atoms with Gasteiger partial charge in [0.15, 0.2) is 0 Å². The number of thiocarbonyl (C=S) groups is 1. The first kappa shape index (κ1) is 64.3. The summed E-state index contributed by atoms with van der Waals surface area (Å²) in [7, 11) is -8.68. The summed E-state index contributed by atoms with van der Waals surface area (Å²) in [6, 6.07) is 94.2. The molecule has 0 aliphatic rings. The number of hydrogen-bond donors (Lipinski definition) is 0. The van der Waals surface area contributed by atoms with Gasteiger partial charge in [0.05, 0.1) is 0 Å². The number of hydrogen-bond acceptors (Lipinski definition) is 6. The zero-order chi connectivity index (χ0) is 51.7. The van der Waals surface area contributed by atoms with Gasteiger partial charge in [-0.25, -0.2) is 18.6 Å². The summed E-state index contributed by atoms with van der Waals surface area (Å²) in [6.07, 6.45) is 0. The van der Waals surface area contributed by atoms with Gasteiger partial charge in [0.1, 0.15) is 0 Å². The van der Waals surface area contributed by atoms with E-state index in [-0.39, 0.29) is 44.8 Å². The third-order valence-corrected chi connectivity index (χ3v) is 18.8. The van der Waals surface area contributed by atoms with Crippen LogP contribution in [0.3, 0.4) is 0 Å². The van der Waals surface area contributed by atoms with Gasteiger partial charge < -0.3 is 29.7 Å². The summed E-state index contributed by atoms with van der Waals surface area (Å²) in [4.78, 5) is 2.04. The summed E-state index contributed by atoms with van der Waals surface area (Å²) in [5.74, 6) is 0. The largest absolute Gasteiger partial charge is 0.411 e. The van der Waals surface area contributed by atoms with E-state index >= 15 is 0 Å². The molecule has 13 heteroatoms. The minimum absolute atomic E-state index is 0. The Hall–Kier alpha value is -4.01. The topological polar surface area (TPSA) is 95.5 Å². The summed E-state index contributed by atoms with van der Waals surface area (Å²) >= 11 is 10.3. The van der Waals surface area contributed by atoms with Gasteiger partial charge in [-0.3, -0.25) is 0 Å². The van der Waals surface area contributed by atoms with Gasteiger partial charge in [-0.2, -0.15) is 41.2 Å². The summed E-state index contributed by atoms with van der Waals surface area (Å²) < 4.78 is 34.5. The minimum Gasteiger partial charge on any atom is -0.411 e. The second kappa shape index (κ2) is 33.9. The van der Waals surface area contributed by atoms with E-state index in [9.17, 15) is 0 Å². The molecule has 0 aliphatic carbocycles. The van der Waals surface area contributed by atoms with Gasteiger partial charge in [-0.05, 0) is 83.5 Å². The molecule has 9 rings (SSSR count). The maximum atomic E-state index is 8.49. The van der Waals surface area contributed by atoms with E-state index in [1.165, 1.54) is 48.3 Å². The minimum atomic E-state index is -4.94. The fraction of sp³-hybridized carbons (Fsp3) is 0.0328. The van der Waals surface area contributed by atoms with E-state index in [4.69, 9.17) is 43.5 Å². The standard InChI is InChI=1S/C18H15P.C15H15NS2.2C14H14P.2Au.ClHO4/c1-4-10-16(11-5-1)19(17-12-6-2-7-13-17)18-14-8-3-9-15-18;17-15(18)16(11-13-7-3-1-4-8-13)12-14-9-5-2-6-10-14;2*1-15(2,13-9-5-3-6-10-13)14-11-7-4-8-12-14;;;2-1(3,4)5/h1-15H;1-10H,11-12H2,(H,17,18);2*3-12H,1-2H2;;;(H,2,3,4,5)/q;;2*-1;;;/p-2. The maximum absolute atomic E-state index is 8.49. The van der Waals surface area contributed by atoms with E-state index in [0.29, 0.717) is 4.32 Å². The van der Waals surface area contributed by atoms with Gasteiger partial charge in [0, 0.05) is 79.1 Å². The Kier molecular flexibility index (Phi) is 29.4. The molecule has 390 valence electrons. The summed E-state index contributed by atoms with van der Waals surface area (Å²) in [6.45, 7) is 18.8. The molecule has 0 saturated carbocycles. The fourth-order valence-corrected chi connectivity index (χ4v) is 13.3. The van der Waals surface area contributed by atoms with Crippen LogP contribution < -0.4 is 55.8 Å². The van der Waals surface area contributed by atoms with Gasteiger partial charge >= 0.3 is 0 Å². The molecule has 0 N–H and O–H groups in total. The third kappa shape index (κ3) is 22.7. The van der Waals surface area contributed by atoms with Crippen LogP contribution in [-0.4, -0.2) is 9.22 Å². The molecule has 0 aromatic heterocycles. The molecular weight excluding hydrogens is 1400 g/mol. The SMILES string of the molecule is S=C([S-])N(Cc1ccccc1)Cc1ccccc1.[Au].[Au].[CH2-][P+]([CH2-])(c1ccccc1)c1ccccc1.[CH2-][P+]([CH2-])(c1ccccc1)c1ccccc1.[O-][Cl+3]([O-])([O-])[O-].c1ccc(P(c2ccccc2)c2ccccc2)cc1. The van der Waals surface area contributed by atoms with Crippen molar-refractivity contribution in [2.75, 3.05) is 0 Å². The molecule has 0 amide bonds. The van der Waals surface area contributed by atoms with E-state index in [0.717, 1.165) is 13.1 Å². The fourth-order valence-electron chi connectivity index (χ4n) is 7.12. The zero-order valence-electron chi connectivity index (χ0n) is 40.4. The van der Waals surface area contributed by atoms with Crippen molar-refractivity contribution in [2.24, 2.45) is 0 Å². The molecule has 0 aliphatic heterocycles. The molecule has 74 heavy (non-hydrogen) atoms. The third-order valence-electron chi connectivity index (χ3n) is 10.7. The molecule has 9 aromatic carbocycles. The molecule has 0 bridgehead atoms. The van der Waals surface area contributed by atoms with Gasteiger partial charge in [-0.15, -0.1) is 10.2 Å². The van der Waals surface area contributed by atoms with Crippen LogP contribution in [0.2, 0.25) is 0 Å². The van der Waals surface area contributed by atoms with Crippen LogP contribution >= 0.6 is 34.7 Å². The Morgan fingerprint density at radius 2 is 0.554 bits per heavy atom. The van der Waals surface area contributed by atoms with Crippen LogP contribution in [-0.2, 0) is 70.5 Å². The Morgan fingerprint density at radius 3 is 0.743 bits per heavy atom. The van der Waals surface area contributed by atoms with E-state index in [2.05, 4.69) is 190 Å². The molecule has 0 fully saturated rings. The number of nitrogens with zero attached hydrogens (tertiary/aromatic N) is 1. The Balaban J connectivity index is 0.000000251. The summed E-state index contributed by atoms with van der Waals surface area (Å²) in [5.41, 5.74) is 2.45. The molecular formula is C61H57Au2ClNO4P3S2-4. The normalized spacial score (nSPS) is 10.6. The van der Waals surface area contributed by atoms with Gasteiger partial charge in [-0.1, -0.05) is 229 Å². The van der Waals surface area contributed by atoms with Gasteiger partial charge in [0.2, 0.25) is 0 Å². The second-order valence-electron chi connectivity index (χ2n) is 16.1. The van der Waals surface area contributed by atoms with Crippen molar-refractivity contribution in [2.45, 2.75) is 13.1 Å². The average Bonchev–Trinajstić information content (AvgIpc) is 3.41.